The number of amides is 1. The Labute approximate surface area is 161 Å². The fraction of sp³-hybridized carbons (Fsp3) is 0.238. The molecule has 1 aromatic heterocycles. The Hall–Kier alpha value is -3.22. The Morgan fingerprint density at radius 3 is 2.75 bits per heavy atom. The van der Waals surface area contributed by atoms with Crippen LogP contribution in [0.15, 0.2) is 54.6 Å². The fourth-order valence-electron chi connectivity index (χ4n) is 3.45. The summed E-state index contributed by atoms with van der Waals surface area (Å²) >= 11 is 0. The highest BCUT2D eigenvalue weighted by Crippen LogP contribution is 2.24. The predicted molar refractivity (Wildman–Crippen MR) is 103 cm³/mol. The van der Waals surface area contributed by atoms with Crippen LogP contribution in [0.5, 0.6) is 0 Å². The van der Waals surface area contributed by atoms with Crippen LogP contribution >= 0.6 is 0 Å². The molecule has 2 N–H and O–H groups in total. The number of nitrogens with zero attached hydrogens (tertiary/aromatic N) is 2. The smallest absolute Gasteiger partial charge is 0.224 e. The van der Waals surface area contributed by atoms with Crippen LogP contribution in [0, 0.1) is 11.6 Å². The van der Waals surface area contributed by atoms with Crippen molar-refractivity contribution in [1.29, 1.82) is 0 Å². The third-order valence-corrected chi connectivity index (χ3v) is 4.85. The molecule has 0 radical (unpaired) electrons. The number of carbonyl (C=O) groups is 1. The number of hydrogen-bond donors (Lipinski definition) is 2. The van der Waals surface area contributed by atoms with Crippen LogP contribution in [0.2, 0.25) is 0 Å². The van der Waals surface area contributed by atoms with Gasteiger partial charge >= 0.3 is 0 Å². The normalized spacial score (nSPS) is 16.4. The van der Waals surface area contributed by atoms with E-state index in [-0.39, 0.29) is 30.0 Å². The van der Waals surface area contributed by atoms with Crippen LogP contribution < -0.4 is 10.2 Å². The Bertz CT molecular complexity index is 971. The highest BCUT2D eigenvalue weighted by molar-refractivity contribution is 5.79. The lowest BCUT2D eigenvalue weighted by atomic mass is 10.1. The van der Waals surface area contributed by atoms with Crippen molar-refractivity contribution in [2.24, 2.45) is 0 Å². The summed E-state index contributed by atoms with van der Waals surface area (Å²) in [5.41, 5.74) is 2.33. The van der Waals surface area contributed by atoms with Gasteiger partial charge in [-0.15, -0.1) is 0 Å². The maximum atomic E-state index is 13.2. The van der Waals surface area contributed by atoms with E-state index in [1.165, 1.54) is 24.3 Å². The molecule has 1 saturated heterocycles. The minimum atomic E-state index is -0.340. The SMILES string of the molecule is O=C(Cc1cccc(F)c1)N[C@H]1CCN(c2cc(-c3ccc(F)cc3)[nH]n2)C1. The summed E-state index contributed by atoms with van der Waals surface area (Å²) in [5, 5.41) is 10.3. The zero-order valence-electron chi connectivity index (χ0n) is 15.2. The first kappa shape index (κ1) is 18.2. The molecular formula is C21H20F2N4O. The molecule has 0 saturated carbocycles. The summed E-state index contributed by atoms with van der Waals surface area (Å²) in [6, 6.07) is 14.2. The first-order valence-corrected chi connectivity index (χ1v) is 9.17. The molecule has 0 bridgehead atoms. The van der Waals surface area contributed by atoms with E-state index < -0.39 is 0 Å². The van der Waals surface area contributed by atoms with Gasteiger partial charge < -0.3 is 10.2 Å². The van der Waals surface area contributed by atoms with Crippen LogP contribution in [-0.4, -0.2) is 35.2 Å². The van der Waals surface area contributed by atoms with E-state index in [2.05, 4.69) is 20.4 Å². The molecule has 1 atom stereocenters. The van der Waals surface area contributed by atoms with Crippen molar-refractivity contribution in [3.63, 3.8) is 0 Å². The quantitative estimate of drug-likeness (QED) is 0.712. The van der Waals surface area contributed by atoms with Gasteiger partial charge in [0.2, 0.25) is 5.91 Å². The predicted octanol–water partition coefficient (Wildman–Crippen LogP) is 3.29. The number of rotatable bonds is 5. The molecule has 1 fully saturated rings. The van der Waals surface area contributed by atoms with E-state index in [0.717, 1.165) is 30.0 Å². The van der Waals surface area contributed by atoms with Crippen LogP contribution in [0.1, 0.15) is 12.0 Å². The van der Waals surface area contributed by atoms with E-state index in [1.54, 1.807) is 24.3 Å². The monoisotopic (exact) mass is 382 g/mol. The van der Waals surface area contributed by atoms with Gasteiger partial charge in [-0.3, -0.25) is 9.89 Å². The molecule has 0 unspecified atom stereocenters. The number of benzene rings is 2. The second-order valence-electron chi connectivity index (χ2n) is 6.95. The molecule has 7 heteroatoms. The molecule has 144 valence electrons. The van der Waals surface area contributed by atoms with Gasteiger partial charge in [0.25, 0.3) is 0 Å². The number of carbonyl (C=O) groups excluding carboxylic acids is 1. The molecule has 28 heavy (non-hydrogen) atoms. The summed E-state index contributed by atoms with van der Waals surface area (Å²) < 4.78 is 26.3. The minimum absolute atomic E-state index is 0.0204. The molecule has 1 aliphatic rings. The van der Waals surface area contributed by atoms with Crippen molar-refractivity contribution in [2.75, 3.05) is 18.0 Å². The van der Waals surface area contributed by atoms with Gasteiger partial charge in [-0.05, 0) is 53.9 Å². The number of aromatic amines is 1. The van der Waals surface area contributed by atoms with Crippen LogP contribution in [-0.2, 0) is 11.2 Å². The number of H-pyrrole nitrogens is 1. The molecule has 0 aliphatic carbocycles. The van der Waals surface area contributed by atoms with Crippen molar-refractivity contribution in [1.82, 2.24) is 15.5 Å². The zero-order chi connectivity index (χ0) is 19.5. The molecule has 2 heterocycles. The van der Waals surface area contributed by atoms with E-state index in [9.17, 15) is 13.6 Å². The molecule has 1 amide bonds. The number of anilines is 1. The molecule has 4 rings (SSSR count). The maximum absolute atomic E-state index is 13.2. The average molecular weight is 382 g/mol. The number of hydrogen-bond acceptors (Lipinski definition) is 3. The summed E-state index contributed by atoms with van der Waals surface area (Å²) in [6.07, 6.45) is 0.971. The molecular weight excluding hydrogens is 362 g/mol. The number of nitrogens with one attached hydrogen (secondary N) is 2. The average Bonchev–Trinajstić information content (AvgIpc) is 3.32. The lowest BCUT2D eigenvalue weighted by molar-refractivity contribution is -0.121. The molecule has 1 aliphatic heterocycles. The van der Waals surface area contributed by atoms with Crippen molar-refractivity contribution < 1.29 is 13.6 Å². The Kier molecular flexibility index (Phi) is 5.06. The van der Waals surface area contributed by atoms with Crippen molar-refractivity contribution in [3.8, 4) is 11.3 Å². The minimum Gasteiger partial charge on any atom is -0.353 e. The standard InChI is InChI=1S/C21H20F2N4O/c22-16-6-4-15(5-7-16)19-12-20(26-25-19)27-9-8-18(13-27)24-21(28)11-14-2-1-3-17(23)10-14/h1-7,10,12,18H,8-9,11,13H2,(H,24,28)(H,25,26)/t18-/m0/s1. The Morgan fingerprint density at radius 2 is 1.96 bits per heavy atom. The fourth-order valence-corrected chi connectivity index (χ4v) is 3.45. The first-order valence-electron chi connectivity index (χ1n) is 9.17. The summed E-state index contributed by atoms with van der Waals surface area (Å²) in [6.45, 7) is 1.43. The van der Waals surface area contributed by atoms with E-state index in [1.807, 2.05) is 6.07 Å². The van der Waals surface area contributed by atoms with Gasteiger partial charge in [0.1, 0.15) is 11.6 Å². The molecule has 2 aromatic carbocycles. The van der Waals surface area contributed by atoms with Gasteiger partial charge in [0, 0.05) is 25.2 Å². The number of halogens is 2. The summed E-state index contributed by atoms with van der Waals surface area (Å²) in [4.78, 5) is 14.3. The van der Waals surface area contributed by atoms with Crippen LogP contribution in [0.25, 0.3) is 11.3 Å². The molecule has 3 aromatic rings. The lowest BCUT2D eigenvalue weighted by Gasteiger charge is -2.16. The van der Waals surface area contributed by atoms with Gasteiger partial charge in [0.05, 0.1) is 12.1 Å². The highest BCUT2D eigenvalue weighted by atomic mass is 19.1. The maximum Gasteiger partial charge on any atom is 0.224 e. The Balaban J connectivity index is 1.34. The van der Waals surface area contributed by atoms with E-state index in [0.29, 0.717) is 12.1 Å². The van der Waals surface area contributed by atoms with Crippen molar-refractivity contribution >= 4 is 11.7 Å². The third kappa shape index (κ3) is 4.19. The highest BCUT2D eigenvalue weighted by Gasteiger charge is 2.25. The topological polar surface area (TPSA) is 61.0 Å². The third-order valence-electron chi connectivity index (χ3n) is 4.85. The first-order chi connectivity index (χ1) is 13.6. The second-order valence-corrected chi connectivity index (χ2v) is 6.95. The van der Waals surface area contributed by atoms with E-state index in [4.69, 9.17) is 0 Å². The lowest BCUT2D eigenvalue weighted by Crippen LogP contribution is -2.38. The van der Waals surface area contributed by atoms with Crippen molar-refractivity contribution in [3.05, 3.63) is 71.8 Å². The van der Waals surface area contributed by atoms with Crippen molar-refractivity contribution in [2.45, 2.75) is 18.9 Å². The van der Waals surface area contributed by atoms with E-state index >= 15 is 0 Å². The van der Waals surface area contributed by atoms with Gasteiger partial charge in [0.15, 0.2) is 5.82 Å². The zero-order valence-corrected chi connectivity index (χ0v) is 15.2. The van der Waals surface area contributed by atoms with Gasteiger partial charge in [-0.1, -0.05) is 12.1 Å². The largest absolute Gasteiger partial charge is 0.353 e. The summed E-state index contributed by atoms with van der Waals surface area (Å²) in [7, 11) is 0. The molecule has 5 nitrogen and oxygen atoms in total. The molecule has 0 spiro atoms. The van der Waals surface area contributed by atoms with Gasteiger partial charge in [-0.2, -0.15) is 5.10 Å². The second kappa shape index (κ2) is 7.80. The summed E-state index contributed by atoms with van der Waals surface area (Å²) in [5.74, 6) is 0.0559. The number of aromatic nitrogens is 2. The van der Waals surface area contributed by atoms with Crippen LogP contribution in [0.3, 0.4) is 0 Å². The Morgan fingerprint density at radius 1 is 1.14 bits per heavy atom. The van der Waals surface area contributed by atoms with Gasteiger partial charge in [-0.25, -0.2) is 8.78 Å². The van der Waals surface area contributed by atoms with Crippen LogP contribution in [0.4, 0.5) is 14.6 Å².